The molecule has 0 aliphatic rings. The maximum atomic E-state index is 10.9. The summed E-state index contributed by atoms with van der Waals surface area (Å²) in [4.78, 5) is 0. The van der Waals surface area contributed by atoms with E-state index in [2.05, 4.69) is 66.5 Å². The summed E-state index contributed by atoms with van der Waals surface area (Å²) in [5.41, 5.74) is 1.13. The molecule has 0 atom stereocenters. The summed E-state index contributed by atoms with van der Waals surface area (Å²) >= 11 is 0. The first-order valence-electron chi connectivity index (χ1n) is 9.90. The molecule has 3 nitrogen and oxygen atoms in total. The van der Waals surface area contributed by atoms with Crippen molar-refractivity contribution in [3.63, 3.8) is 0 Å². The number of ether oxygens (including phenoxy) is 1. The molecule has 154 valence electrons. The van der Waals surface area contributed by atoms with Gasteiger partial charge < -0.3 is 14.3 Å². The van der Waals surface area contributed by atoms with E-state index in [9.17, 15) is 5.11 Å². The fourth-order valence-corrected chi connectivity index (χ4v) is 6.81. The van der Waals surface area contributed by atoms with E-state index in [1.165, 1.54) is 5.19 Å². The molecular formula is C23H36O3Si2. The van der Waals surface area contributed by atoms with Crippen molar-refractivity contribution in [2.45, 2.75) is 65.0 Å². The zero-order chi connectivity index (χ0) is 21.5. The molecule has 0 amide bonds. The second-order valence-corrected chi connectivity index (χ2v) is 19.3. The van der Waals surface area contributed by atoms with Crippen molar-refractivity contribution in [2.75, 3.05) is 7.11 Å². The lowest BCUT2D eigenvalue weighted by Gasteiger charge is -2.37. The predicted octanol–water partition coefficient (Wildman–Crippen LogP) is 6.35. The van der Waals surface area contributed by atoms with E-state index in [-0.39, 0.29) is 10.8 Å². The Morgan fingerprint density at radius 2 is 1.68 bits per heavy atom. The number of hydrogen-bond acceptors (Lipinski definition) is 3. The Balaban J connectivity index is 2.93. The molecule has 0 bridgehead atoms. The smallest absolute Gasteiger partial charge is 0.250 e. The van der Waals surface area contributed by atoms with Crippen LogP contribution < -0.4 is 14.3 Å². The van der Waals surface area contributed by atoms with Gasteiger partial charge in [-0.2, -0.15) is 0 Å². The quantitative estimate of drug-likeness (QED) is 0.440. The van der Waals surface area contributed by atoms with Crippen molar-refractivity contribution in [3.8, 4) is 17.2 Å². The highest BCUT2D eigenvalue weighted by Crippen LogP contribution is 2.45. The van der Waals surface area contributed by atoms with Gasteiger partial charge in [0.2, 0.25) is 0 Å². The molecule has 2 aromatic carbocycles. The minimum atomic E-state index is -2.07. The second kappa shape index (κ2) is 7.60. The third-order valence-electron chi connectivity index (χ3n) is 6.05. The lowest BCUT2D eigenvalue weighted by Crippen LogP contribution is -2.45. The summed E-state index contributed by atoms with van der Waals surface area (Å²) in [6.45, 7) is 22.0. The first kappa shape index (κ1) is 22.6. The maximum absolute atomic E-state index is 10.9. The monoisotopic (exact) mass is 416 g/mol. The van der Waals surface area contributed by atoms with E-state index in [1.54, 1.807) is 7.11 Å². The van der Waals surface area contributed by atoms with Gasteiger partial charge in [-0.05, 0) is 42.4 Å². The SMILES string of the molecule is C=CC[Si](C)(C)c1cc(C)cc2c(O)c(OC)cc(O[Si](C)(C)C(C)(C)C)c12. The molecule has 0 radical (unpaired) electrons. The third kappa shape index (κ3) is 4.15. The van der Waals surface area contributed by atoms with Crippen LogP contribution in [0.5, 0.6) is 17.2 Å². The Morgan fingerprint density at radius 1 is 1.07 bits per heavy atom. The fourth-order valence-electron chi connectivity index (χ4n) is 3.30. The van der Waals surface area contributed by atoms with Crippen LogP contribution in [0.2, 0.25) is 37.3 Å². The average molecular weight is 417 g/mol. The Morgan fingerprint density at radius 3 is 2.18 bits per heavy atom. The lowest BCUT2D eigenvalue weighted by atomic mass is 10.0. The second-order valence-electron chi connectivity index (χ2n) is 9.90. The Labute approximate surface area is 172 Å². The van der Waals surface area contributed by atoms with Crippen LogP contribution in [0, 0.1) is 6.92 Å². The van der Waals surface area contributed by atoms with Gasteiger partial charge in [-0.15, -0.1) is 6.58 Å². The van der Waals surface area contributed by atoms with Gasteiger partial charge in [-0.1, -0.05) is 51.6 Å². The van der Waals surface area contributed by atoms with Crippen molar-refractivity contribution in [1.29, 1.82) is 0 Å². The molecule has 0 fully saturated rings. The zero-order valence-electron chi connectivity index (χ0n) is 19.0. The number of fused-ring (bicyclic) bond motifs is 1. The van der Waals surface area contributed by atoms with Crippen molar-refractivity contribution < 1.29 is 14.3 Å². The highest BCUT2D eigenvalue weighted by atomic mass is 28.4. The highest BCUT2D eigenvalue weighted by Gasteiger charge is 2.40. The molecule has 0 spiro atoms. The number of aryl methyl sites for hydroxylation is 1. The summed E-state index contributed by atoms with van der Waals surface area (Å²) in [5.74, 6) is 1.48. The molecular weight excluding hydrogens is 380 g/mol. The number of phenolic OH excluding ortho intramolecular Hbond substituents is 1. The number of allylic oxidation sites excluding steroid dienone is 1. The van der Waals surface area contributed by atoms with Crippen LogP contribution in [0.4, 0.5) is 0 Å². The normalized spacial score (nSPS) is 12.9. The minimum Gasteiger partial charge on any atom is -0.543 e. The molecule has 28 heavy (non-hydrogen) atoms. The summed E-state index contributed by atoms with van der Waals surface area (Å²) in [5, 5.41) is 14.1. The summed E-state index contributed by atoms with van der Waals surface area (Å²) in [6.07, 6.45) is 2.01. The van der Waals surface area contributed by atoms with Gasteiger partial charge in [0, 0.05) is 16.8 Å². The highest BCUT2D eigenvalue weighted by molar-refractivity contribution is 6.92. The largest absolute Gasteiger partial charge is 0.543 e. The molecule has 0 saturated carbocycles. The van der Waals surface area contributed by atoms with Crippen molar-refractivity contribution >= 4 is 32.4 Å². The molecule has 0 aromatic heterocycles. The van der Waals surface area contributed by atoms with Gasteiger partial charge in [0.1, 0.15) is 5.75 Å². The van der Waals surface area contributed by atoms with Gasteiger partial charge in [0.25, 0.3) is 8.32 Å². The molecule has 0 aliphatic heterocycles. The number of phenols is 1. The van der Waals surface area contributed by atoms with Gasteiger partial charge in [-0.3, -0.25) is 0 Å². The lowest BCUT2D eigenvalue weighted by molar-refractivity contribution is 0.374. The summed E-state index contributed by atoms with van der Waals surface area (Å²) in [6, 6.07) is 7.14. The predicted molar refractivity (Wildman–Crippen MR) is 127 cm³/mol. The van der Waals surface area contributed by atoms with E-state index in [1.807, 2.05) is 18.2 Å². The molecule has 0 aliphatic carbocycles. The van der Waals surface area contributed by atoms with Gasteiger partial charge in [0.15, 0.2) is 11.5 Å². The molecule has 2 aromatic rings. The molecule has 2 rings (SSSR count). The van der Waals surface area contributed by atoms with E-state index in [0.29, 0.717) is 5.75 Å². The van der Waals surface area contributed by atoms with E-state index < -0.39 is 16.4 Å². The Hall–Kier alpha value is -1.73. The number of aromatic hydroxyl groups is 1. The van der Waals surface area contributed by atoms with Crippen molar-refractivity contribution in [2.24, 2.45) is 0 Å². The fraction of sp³-hybridized carbons (Fsp3) is 0.478. The van der Waals surface area contributed by atoms with E-state index in [4.69, 9.17) is 9.16 Å². The van der Waals surface area contributed by atoms with Crippen LogP contribution in [0.3, 0.4) is 0 Å². The van der Waals surface area contributed by atoms with Crippen LogP contribution >= 0.6 is 0 Å². The average Bonchev–Trinajstić information content (AvgIpc) is 2.55. The van der Waals surface area contributed by atoms with Crippen LogP contribution in [-0.2, 0) is 0 Å². The molecule has 0 saturated heterocycles. The number of methoxy groups -OCH3 is 1. The van der Waals surface area contributed by atoms with Gasteiger partial charge >= 0.3 is 0 Å². The first-order chi connectivity index (χ1) is 12.7. The first-order valence-corrected chi connectivity index (χ1v) is 16.0. The van der Waals surface area contributed by atoms with Crippen molar-refractivity contribution in [1.82, 2.24) is 0 Å². The molecule has 1 N–H and O–H groups in total. The Bertz CT molecular complexity index is 893. The topological polar surface area (TPSA) is 38.7 Å². The van der Waals surface area contributed by atoms with Crippen LogP contribution in [-0.4, -0.2) is 28.6 Å². The number of hydrogen-bond donors (Lipinski definition) is 1. The van der Waals surface area contributed by atoms with Gasteiger partial charge in [0.05, 0.1) is 15.2 Å². The zero-order valence-corrected chi connectivity index (χ0v) is 21.0. The van der Waals surface area contributed by atoms with Crippen LogP contribution in [0.1, 0.15) is 26.3 Å². The standard InChI is InChI=1S/C23H36O3Si2/c1-11-12-27(7,8)20-14-16(2)13-17-21(20)18(15-19(25-6)22(17)24)26-28(9,10)23(3,4)5/h11,13-15,24H,1,12H2,2-10H3. The summed E-state index contributed by atoms with van der Waals surface area (Å²) < 4.78 is 12.3. The van der Waals surface area contributed by atoms with Gasteiger partial charge in [-0.25, -0.2) is 0 Å². The minimum absolute atomic E-state index is 0.0728. The van der Waals surface area contributed by atoms with Crippen LogP contribution in [0.15, 0.2) is 30.9 Å². The summed E-state index contributed by atoms with van der Waals surface area (Å²) in [7, 11) is -2.30. The van der Waals surface area contributed by atoms with E-state index in [0.717, 1.165) is 28.1 Å². The maximum Gasteiger partial charge on any atom is 0.250 e. The molecule has 5 heteroatoms. The van der Waals surface area contributed by atoms with Crippen molar-refractivity contribution in [3.05, 3.63) is 36.4 Å². The number of benzene rings is 2. The van der Waals surface area contributed by atoms with E-state index >= 15 is 0 Å². The molecule has 0 unspecified atom stereocenters. The molecule has 0 heterocycles. The third-order valence-corrected chi connectivity index (χ3v) is 13.6. The van der Waals surface area contributed by atoms with Crippen LogP contribution in [0.25, 0.3) is 10.8 Å². The number of rotatable bonds is 6. The Kier molecular flexibility index (Phi) is 6.12.